The van der Waals surface area contributed by atoms with Crippen molar-refractivity contribution in [3.05, 3.63) is 53.2 Å². The number of nitrogens with one attached hydrogen (secondary N) is 1. The number of halogens is 1. The van der Waals surface area contributed by atoms with Gasteiger partial charge in [0.15, 0.2) is 5.69 Å². The molecule has 1 aromatic heterocycles. The lowest BCUT2D eigenvalue weighted by Crippen LogP contribution is -2.21. The normalized spacial score (nSPS) is 18.9. The number of anilines is 1. The van der Waals surface area contributed by atoms with Crippen LogP contribution >= 0.6 is 22.2 Å². The van der Waals surface area contributed by atoms with Crippen LogP contribution in [0.4, 0.5) is 5.82 Å². The number of nitrogens with zero attached hydrogens (tertiary/aromatic N) is 2. The number of ether oxygens (including phenoxy) is 1. The zero-order chi connectivity index (χ0) is 20.6. The third-order valence-corrected chi connectivity index (χ3v) is 7.09. The van der Waals surface area contributed by atoms with Crippen molar-refractivity contribution in [3.63, 3.8) is 0 Å². The van der Waals surface area contributed by atoms with E-state index >= 15 is 0 Å². The molecule has 8 heteroatoms. The predicted octanol–water partition coefficient (Wildman–Crippen LogP) is 5.37. The van der Waals surface area contributed by atoms with Crippen molar-refractivity contribution in [1.29, 1.82) is 5.26 Å². The lowest BCUT2D eigenvalue weighted by atomic mass is 9.96. The molecular formula is C21H20ClN3O3S. The SMILES string of the molecule is COc1ccc2c(NC3CCS(O)(O)C3)nc(C#N)c(-c3cccc(Cl)c3)c2c1. The number of nitriles is 1. The molecular weight excluding hydrogens is 410 g/mol. The van der Waals surface area contributed by atoms with Gasteiger partial charge in [0.2, 0.25) is 0 Å². The van der Waals surface area contributed by atoms with Gasteiger partial charge in [-0.05, 0) is 47.7 Å². The average molecular weight is 430 g/mol. The minimum absolute atomic E-state index is 0.110. The number of aromatic nitrogens is 1. The summed E-state index contributed by atoms with van der Waals surface area (Å²) in [6.45, 7) is 0. The van der Waals surface area contributed by atoms with E-state index in [9.17, 15) is 14.4 Å². The standard InChI is InChI=1S/C21H20ClN3O3S/c1-28-16-5-6-17-18(10-16)20(13-3-2-4-14(22)9-13)19(11-23)25-21(17)24-15-7-8-29(26,27)12-15/h2-6,9-10,15,26-27H,7-8,12H2,1H3,(H,24,25). The molecule has 0 spiro atoms. The molecule has 1 saturated heterocycles. The van der Waals surface area contributed by atoms with Gasteiger partial charge in [-0.2, -0.15) is 15.9 Å². The molecule has 0 aliphatic carbocycles. The van der Waals surface area contributed by atoms with Gasteiger partial charge in [-0.3, -0.25) is 9.11 Å². The van der Waals surface area contributed by atoms with Crippen LogP contribution in [0.25, 0.3) is 21.9 Å². The Hall–Kier alpha value is -2.50. The number of fused-ring (bicyclic) bond motifs is 1. The van der Waals surface area contributed by atoms with E-state index in [-0.39, 0.29) is 17.5 Å². The summed E-state index contributed by atoms with van der Waals surface area (Å²) >= 11 is 6.19. The summed E-state index contributed by atoms with van der Waals surface area (Å²) in [6.07, 6.45) is 0.638. The molecule has 2 aromatic carbocycles. The number of pyridine rings is 1. The Bertz CT molecular complexity index is 1130. The zero-order valence-electron chi connectivity index (χ0n) is 15.7. The molecule has 2 heterocycles. The zero-order valence-corrected chi connectivity index (χ0v) is 17.3. The van der Waals surface area contributed by atoms with Crippen molar-refractivity contribution in [2.24, 2.45) is 0 Å². The number of hydrogen-bond acceptors (Lipinski definition) is 6. The fraction of sp³-hybridized carbons (Fsp3) is 0.238. The van der Waals surface area contributed by atoms with E-state index in [1.54, 1.807) is 19.2 Å². The third-order valence-electron chi connectivity index (χ3n) is 5.03. The van der Waals surface area contributed by atoms with Gasteiger partial charge in [0.1, 0.15) is 17.6 Å². The van der Waals surface area contributed by atoms with Crippen LogP contribution in [-0.4, -0.2) is 38.7 Å². The molecule has 1 fully saturated rings. The lowest BCUT2D eigenvalue weighted by molar-refractivity contribution is 0.415. The topological polar surface area (TPSA) is 98.4 Å². The molecule has 6 nitrogen and oxygen atoms in total. The van der Waals surface area contributed by atoms with E-state index in [0.717, 1.165) is 16.3 Å². The second kappa shape index (κ2) is 7.73. The highest BCUT2D eigenvalue weighted by molar-refractivity contribution is 8.24. The summed E-state index contributed by atoms with van der Waals surface area (Å²) < 4.78 is 25.3. The summed E-state index contributed by atoms with van der Waals surface area (Å²) in [4.78, 5) is 4.58. The minimum Gasteiger partial charge on any atom is -0.497 e. The Labute approximate surface area is 175 Å². The molecule has 3 N–H and O–H groups in total. The minimum atomic E-state index is -2.54. The van der Waals surface area contributed by atoms with Crippen LogP contribution in [0.3, 0.4) is 0 Å². The van der Waals surface area contributed by atoms with E-state index < -0.39 is 10.6 Å². The summed E-state index contributed by atoms with van der Waals surface area (Å²) in [5.41, 5.74) is 1.74. The molecule has 3 aromatic rings. The molecule has 1 atom stereocenters. The number of methoxy groups -OCH3 is 1. The second-order valence-corrected chi connectivity index (χ2v) is 9.80. The van der Waals surface area contributed by atoms with Crippen molar-refractivity contribution in [3.8, 4) is 22.9 Å². The van der Waals surface area contributed by atoms with Crippen LogP contribution in [0, 0.1) is 11.3 Å². The van der Waals surface area contributed by atoms with Gasteiger partial charge in [0.05, 0.1) is 12.9 Å². The molecule has 1 aliphatic rings. The van der Waals surface area contributed by atoms with E-state index in [1.165, 1.54) is 0 Å². The maximum atomic E-state index is 9.94. The van der Waals surface area contributed by atoms with Crippen LogP contribution in [-0.2, 0) is 0 Å². The Morgan fingerprint density at radius 1 is 1.24 bits per heavy atom. The molecule has 1 unspecified atom stereocenters. The molecule has 29 heavy (non-hydrogen) atoms. The second-order valence-electron chi connectivity index (χ2n) is 7.02. The Morgan fingerprint density at radius 3 is 2.72 bits per heavy atom. The van der Waals surface area contributed by atoms with Gasteiger partial charge in [-0.25, -0.2) is 4.98 Å². The molecule has 0 radical (unpaired) electrons. The summed E-state index contributed by atoms with van der Waals surface area (Å²) in [5, 5.41) is 15.3. The first kappa shape index (κ1) is 19.8. The van der Waals surface area contributed by atoms with Crippen molar-refractivity contribution in [2.75, 3.05) is 23.9 Å². The van der Waals surface area contributed by atoms with Crippen molar-refractivity contribution in [1.82, 2.24) is 4.98 Å². The highest BCUT2D eigenvalue weighted by Gasteiger charge is 2.29. The van der Waals surface area contributed by atoms with Crippen LogP contribution in [0.2, 0.25) is 5.02 Å². The van der Waals surface area contributed by atoms with E-state index in [1.807, 2.05) is 30.3 Å². The summed E-state index contributed by atoms with van der Waals surface area (Å²) in [7, 11) is -0.949. The molecule has 0 bridgehead atoms. The first-order chi connectivity index (χ1) is 13.9. The van der Waals surface area contributed by atoms with Crippen LogP contribution in [0.15, 0.2) is 42.5 Å². The molecule has 150 valence electrons. The van der Waals surface area contributed by atoms with Gasteiger partial charge in [0, 0.05) is 27.8 Å². The van der Waals surface area contributed by atoms with Crippen molar-refractivity contribution in [2.45, 2.75) is 12.5 Å². The van der Waals surface area contributed by atoms with E-state index in [0.29, 0.717) is 34.3 Å². The van der Waals surface area contributed by atoms with Crippen LogP contribution in [0.1, 0.15) is 12.1 Å². The summed E-state index contributed by atoms with van der Waals surface area (Å²) in [5.74, 6) is 1.87. The highest BCUT2D eigenvalue weighted by Crippen LogP contribution is 2.47. The van der Waals surface area contributed by atoms with Gasteiger partial charge in [0.25, 0.3) is 0 Å². The average Bonchev–Trinajstić information content (AvgIpc) is 3.05. The van der Waals surface area contributed by atoms with Crippen molar-refractivity contribution < 1.29 is 13.8 Å². The van der Waals surface area contributed by atoms with E-state index in [4.69, 9.17) is 16.3 Å². The Morgan fingerprint density at radius 2 is 2.07 bits per heavy atom. The first-order valence-corrected chi connectivity index (χ1v) is 11.3. The van der Waals surface area contributed by atoms with Crippen LogP contribution in [0.5, 0.6) is 5.75 Å². The van der Waals surface area contributed by atoms with Crippen molar-refractivity contribution >= 4 is 38.8 Å². The quantitative estimate of drug-likeness (QED) is 0.515. The van der Waals surface area contributed by atoms with E-state index in [2.05, 4.69) is 16.4 Å². The Balaban J connectivity index is 1.91. The predicted molar refractivity (Wildman–Crippen MR) is 118 cm³/mol. The largest absolute Gasteiger partial charge is 0.497 e. The molecule has 0 amide bonds. The Kier molecular flexibility index (Phi) is 5.28. The number of hydrogen-bond donors (Lipinski definition) is 3. The maximum Gasteiger partial charge on any atom is 0.151 e. The molecule has 1 aliphatic heterocycles. The van der Waals surface area contributed by atoms with Gasteiger partial charge >= 0.3 is 0 Å². The summed E-state index contributed by atoms with van der Waals surface area (Å²) in [6, 6.07) is 15.0. The van der Waals surface area contributed by atoms with Gasteiger partial charge in [-0.15, -0.1) is 0 Å². The maximum absolute atomic E-state index is 9.94. The monoisotopic (exact) mass is 429 g/mol. The third kappa shape index (κ3) is 3.98. The highest BCUT2D eigenvalue weighted by atomic mass is 35.5. The molecule has 4 rings (SSSR count). The van der Waals surface area contributed by atoms with Crippen LogP contribution < -0.4 is 10.1 Å². The fourth-order valence-corrected chi connectivity index (χ4v) is 5.59. The smallest absolute Gasteiger partial charge is 0.151 e. The number of benzene rings is 2. The lowest BCUT2D eigenvalue weighted by Gasteiger charge is -2.26. The molecule has 0 saturated carbocycles. The first-order valence-electron chi connectivity index (χ1n) is 9.08. The van der Waals surface area contributed by atoms with Gasteiger partial charge < -0.3 is 10.1 Å². The fourth-order valence-electron chi connectivity index (χ4n) is 3.67. The van der Waals surface area contributed by atoms with Gasteiger partial charge in [-0.1, -0.05) is 23.7 Å². The number of rotatable bonds is 4.